The standard InChI is InChI=1S/C56H54N4.2C4H8O.4CO.Co.Cr/c1-29-21-33(5)49(34(6)22-29)53-41-13-15-43(57-41)54(50-35(7)23-30(2)24-36(50)8)45-17-19-47(59-45)56(52-39(11)27-32(4)28-40(52)12)48-20-18-46(60-48)55(44-16-14-42(53)58-44)51-37(9)25-31(3)26-38(51)10;2*1-2-4-5-3-1;4*1-2;;/h13-28,57,60H,1-12H3;2*1-4H2;;;;;;/q;;;;;;;2*+3. The van der Waals surface area contributed by atoms with Crippen molar-refractivity contribution in [2.75, 3.05) is 26.4 Å². The Morgan fingerprint density at radius 1 is 0.325 bits per heavy atom. The van der Waals surface area contributed by atoms with Crippen molar-refractivity contribution < 1.29 is 62.2 Å². The number of aryl methyl sites for hydroxylation is 12. The van der Waals surface area contributed by atoms with Crippen LogP contribution in [0.5, 0.6) is 0 Å². The number of nitrogens with zero attached hydrogens (tertiary/aromatic N) is 2. The van der Waals surface area contributed by atoms with Gasteiger partial charge in [0.15, 0.2) is 0 Å². The summed E-state index contributed by atoms with van der Waals surface area (Å²) in [5, 5.41) is 0. The van der Waals surface area contributed by atoms with Crippen LogP contribution in [0.1, 0.15) is 115 Å². The summed E-state index contributed by atoms with van der Waals surface area (Å²) in [4.78, 5) is 19.2. The van der Waals surface area contributed by atoms with Crippen LogP contribution in [-0.2, 0) is 62.2 Å². The number of hydrogen-bond acceptors (Lipinski definition) is 4. The Hall–Kier alpha value is -6.60. The van der Waals surface area contributed by atoms with Gasteiger partial charge < -0.3 is 19.4 Å². The molecule has 10 nitrogen and oxygen atoms in total. The zero-order valence-corrected chi connectivity index (χ0v) is 50.3. The first-order valence-corrected chi connectivity index (χ1v) is 26.1. The molecule has 2 fully saturated rings. The summed E-state index contributed by atoms with van der Waals surface area (Å²) in [5.74, 6) is 0. The van der Waals surface area contributed by atoms with E-state index in [0.29, 0.717) is 0 Å². The number of H-pyrrole nitrogens is 2. The third-order valence-corrected chi connectivity index (χ3v) is 14.1. The third-order valence-electron chi connectivity index (χ3n) is 14.1. The largest absolute Gasteiger partial charge is 3.00 e. The van der Waals surface area contributed by atoms with E-state index in [9.17, 15) is 0 Å². The number of rotatable bonds is 4. The third kappa shape index (κ3) is 15.4. The molecule has 0 aliphatic carbocycles. The Morgan fingerprint density at radius 3 is 0.650 bits per heavy atom. The molecular formula is C68H70CoCrN4O6+6. The van der Waals surface area contributed by atoms with E-state index in [2.05, 4.69) is 217 Å². The van der Waals surface area contributed by atoms with Crippen molar-refractivity contribution in [3.8, 4) is 44.5 Å². The minimum absolute atomic E-state index is 0. The number of fused-ring (bicyclic) bond motifs is 8. The number of benzene rings is 4. The summed E-state index contributed by atoms with van der Waals surface area (Å²) in [6.45, 7) is 48.5. The molecule has 0 amide bonds. The molecule has 11 rings (SSSR count). The first-order valence-electron chi connectivity index (χ1n) is 26.1. The maximum absolute atomic E-state index is 7.50. The monoisotopic (exact) mass is 1150 g/mol. The molecule has 0 spiro atoms. The molecule has 4 aliphatic rings. The summed E-state index contributed by atoms with van der Waals surface area (Å²) in [6.07, 6.45) is 14.0. The molecule has 2 N–H and O–H groups in total. The van der Waals surface area contributed by atoms with Gasteiger partial charge in [0.25, 0.3) is 0 Å². The second-order valence-electron chi connectivity index (χ2n) is 20.2. The zero-order chi connectivity index (χ0) is 57.4. The van der Waals surface area contributed by atoms with Crippen LogP contribution in [0, 0.1) is 110 Å². The number of ether oxygens (including phenoxy) is 2. The van der Waals surface area contributed by atoms with Crippen LogP contribution in [0.15, 0.2) is 72.8 Å². The van der Waals surface area contributed by atoms with Crippen molar-refractivity contribution in [1.29, 1.82) is 0 Å². The number of aromatic amines is 2. The summed E-state index contributed by atoms with van der Waals surface area (Å²) in [7, 11) is 0. The number of hydrogen-bond donors (Lipinski definition) is 2. The van der Waals surface area contributed by atoms with Crippen molar-refractivity contribution in [2.45, 2.75) is 109 Å². The smallest absolute Gasteiger partial charge is 3.00 e. The topological polar surface area (TPSA) is 155 Å². The SMILES string of the molecule is C1CCOC1.C1CCOC1.Cc1cc(C)c(-c2c3nc(c(-c4c(C)cc(C)cc4C)c4ccc([nH]4)c(-c4c(C)cc(C)cc4C)c4nc(c(-c5c(C)cc(C)cc5C)c5ccc2[nH]5)C=C4)C=C3)c(C)c1.[C-]#[O+].[C-]#[O+].[C-]#[O+].[C-]#[O+].[Co+3].[Cr+3]. The maximum atomic E-state index is 7.50. The average molecular weight is 1150 g/mol. The van der Waals surface area contributed by atoms with Gasteiger partial charge >= 0.3 is 79.4 Å². The number of aromatic nitrogens is 4. The van der Waals surface area contributed by atoms with Crippen LogP contribution in [0.2, 0.25) is 0 Å². The van der Waals surface area contributed by atoms with E-state index in [1.807, 2.05) is 0 Å². The Morgan fingerprint density at radius 2 is 0.500 bits per heavy atom. The van der Waals surface area contributed by atoms with Gasteiger partial charge in [-0.1, -0.05) is 70.8 Å². The Bertz CT molecular complexity index is 3080. The molecule has 2 saturated heterocycles. The number of nitrogens with one attached hydrogen (secondary N) is 2. The van der Waals surface area contributed by atoms with Gasteiger partial charge in [-0.15, -0.1) is 0 Å². The van der Waals surface area contributed by atoms with E-state index in [1.54, 1.807) is 0 Å². The predicted octanol–water partition coefficient (Wildman–Crippen LogP) is 16.5. The van der Waals surface area contributed by atoms with Gasteiger partial charge in [0, 0.05) is 70.7 Å². The fourth-order valence-electron chi connectivity index (χ4n) is 11.6. The van der Waals surface area contributed by atoms with Crippen molar-refractivity contribution in [3.63, 3.8) is 0 Å². The molecule has 1 radical (unpaired) electrons. The first-order chi connectivity index (χ1) is 37.7. The summed E-state index contributed by atoms with van der Waals surface area (Å²) < 4.78 is 39.9. The molecule has 4 aromatic carbocycles. The zero-order valence-electron chi connectivity index (χ0n) is 48.0. The van der Waals surface area contributed by atoms with Crippen LogP contribution < -0.4 is 0 Å². The van der Waals surface area contributed by atoms with Crippen LogP contribution in [0.25, 0.3) is 90.9 Å². The molecule has 7 heterocycles. The predicted molar refractivity (Wildman–Crippen MR) is 313 cm³/mol. The molecule has 0 saturated carbocycles. The van der Waals surface area contributed by atoms with Gasteiger partial charge in [-0.25, -0.2) is 9.97 Å². The molecule has 3 aromatic heterocycles. The maximum Gasteiger partial charge on any atom is 3.00 e. The van der Waals surface area contributed by atoms with Gasteiger partial charge in [-0.05, 0) is 224 Å². The fourth-order valence-corrected chi connectivity index (χ4v) is 11.6. The molecule has 8 bridgehead atoms. The summed E-state index contributed by atoms with van der Waals surface area (Å²) in [6, 6.07) is 27.3. The van der Waals surface area contributed by atoms with Crippen molar-refractivity contribution in [1.82, 2.24) is 19.9 Å². The Balaban J connectivity index is 0.000000735. The Labute approximate surface area is 494 Å². The second kappa shape index (κ2) is 32.0. The van der Waals surface area contributed by atoms with Gasteiger partial charge in [-0.3, -0.25) is 0 Å². The molecular weight excluding hydrogens is 1080 g/mol. The van der Waals surface area contributed by atoms with Gasteiger partial charge in [0.1, 0.15) is 0 Å². The fraction of sp³-hybridized carbons (Fsp3) is 0.294. The van der Waals surface area contributed by atoms with Crippen molar-refractivity contribution in [2.24, 2.45) is 0 Å². The van der Waals surface area contributed by atoms with E-state index < -0.39 is 0 Å². The van der Waals surface area contributed by atoms with E-state index in [0.717, 1.165) is 93.5 Å². The van der Waals surface area contributed by atoms with Gasteiger partial charge in [0.2, 0.25) is 0 Å². The van der Waals surface area contributed by atoms with Crippen molar-refractivity contribution >= 4 is 46.4 Å². The van der Waals surface area contributed by atoms with E-state index in [4.69, 9.17) is 38.1 Å². The minimum Gasteiger partial charge on any atom is 3.00 e. The van der Waals surface area contributed by atoms with Crippen molar-refractivity contribution in [3.05, 3.63) is 189 Å². The molecule has 80 heavy (non-hydrogen) atoms. The second-order valence-corrected chi connectivity index (χ2v) is 20.2. The average Bonchev–Trinajstić information content (AvgIpc) is 4.27. The van der Waals surface area contributed by atoms with E-state index in [1.165, 1.54) is 115 Å². The van der Waals surface area contributed by atoms with E-state index >= 15 is 0 Å². The summed E-state index contributed by atoms with van der Waals surface area (Å²) in [5.41, 5.74) is 31.8. The molecule has 7 aromatic rings. The van der Waals surface area contributed by atoms with E-state index in [-0.39, 0.29) is 34.1 Å². The molecule has 4 aliphatic heterocycles. The first kappa shape index (κ1) is 67.7. The molecule has 407 valence electrons. The summed E-state index contributed by atoms with van der Waals surface area (Å²) >= 11 is 0. The van der Waals surface area contributed by atoms with Crippen LogP contribution in [0.4, 0.5) is 0 Å². The minimum atomic E-state index is 0. The van der Waals surface area contributed by atoms with Crippen LogP contribution >= 0.6 is 0 Å². The van der Waals surface area contributed by atoms with Crippen LogP contribution in [0.3, 0.4) is 0 Å². The van der Waals surface area contributed by atoms with Gasteiger partial charge in [0.05, 0.1) is 22.8 Å². The quantitative estimate of drug-likeness (QED) is 0.133. The molecule has 0 unspecified atom stereocenters. The molecule has 0 atom stereocenters. The van der Waals surface area contributed by atoms with Crippen LogP contribution in [-0.4, -0.2) is 46.4 Å². The Kier molecular flexibility index (Phi) is 27.1. The molecule has 12 heteroatoms. The van der Waals surface area contributed by atoms with Gasteiger partial charge in [-0.2, -0.15) is 0 Å². The normalized spacial score (nSPS) is 12.2.